The number of halogens is 1. The predicted molar refractivity (Wildman–Crippen MR) is 147 cm³/mol. The molecular formula is C27H23BrN4O4S. The molecule has 4 rings (SSSR count). The van der Waals surface area contributed by atoms with Crippen molar-refractivity contribution in [3.8, 4) is 11.8 Å². The van der Waals surface area contributed by atoms with E-state index in [9.17, 15) is 14.9 Å². The average Bonchev–Trinajstić information content (AvgIpc) is 3.43. The summed E-state index contributed by atoms with van der Waals surface area (Å²) in [6, 6.07) is 18.3. The van der Waals surface area contributed by atoms with Gasteiger partial charge in [-0.05, 0) is 49.4 Å². The highest BCUT2D eigenvalue weighted by Gasteiger charge is 2.35. The molecule has 1 aliphatic rings. The van der Waals surface area contributed by atoms with E-state index in [1.807, 2.05) is 18.2 Å². The minimum atomic E-state index is -0.684. The lowest BCUT2D eigenvalue weighted by atomic mass is 9.83. The monoisotopic (exact) mass is 578 g/mol. The summed E-state index contributed by atoms with van der Waals surface area (Å²) in [5.41, 5.74) is 3.08. The van der Waals surface area contributed by atoms with E-state index >= 15 is 0 Å². The van der Waals surface area contributed by atoms with Gasteiger partial charge in [0.15, 0.2) is 0 Å². The van der Waals surface area contributed by atoms with Crippen molar-refractivity contribution < 1.29 is 18.7 Å². The number of anilines is 2. The van der Waals surface area contributed by atoms with Crippen LogP contribution in [0.1, 0.15) is 18.4 Å². The van der Waals surface area contributed by atoms with E-state index < -0.39 is 5.92 Å². The predicted octanol–water partition coefficient (Wildman–Crippen LogP) is 5.76. The minimum Gasteiger partial charge on any atom is -0.495 e. The zero-order chi connectivity index (χ0) is 26.4. The van der Waals surface area contributed by atoms with Crippen LogP contribution in [-0.4, -0.2) is 24.7 Å². The Morgan fingerprint density at radius 2 is 1.92 bits per heavy atom. The molecule has 188 valence electrons. The number of carbonyl (C=O) groups excluding carboxylic acids is 2. The van der Waals surface area contributed by atoms with Crippen LogP contribution in [0.3, 0.4) is 0 Å². The summed E-state index contributed by atoms with van der Waals surface area (Å²) < 4.78 is 11.6. The van der Waals surface area contributed by atoms with Gasteiger partial charge in [0.05, 0.1) is 53.7 Å². The Labute approximate surface area is 226 Å². The molecule has 10 heteroatoms. The number of rotatable bonds is 8. The van der Waals surface area contributed by atoms with Crippen LogP contribution in [0.4, 0.5) is 11.4 Å². The Bertz CT molecular complexity index is 1410. The molecule has 0 saturated heterocycles. The van der Waals surface area contributed by atoms with Gasteiger partial charge in [-0.2, -0.15) is 5.26 Å². The zero-order valence-electron chi connectivity index (χ0n) is 20.0. The van der Waals surface area contributed by atoms with Crippen molar-refractivity contribution in [2.75, 3.05) is 23.5 Å². The molecule has 2 aromatic carbocycles. The molecule has 37 heavy (non-hydrogen) atoms. The van der Waals surface area contributed by atoms with Crippen LogP contribution >= 0.6 is 27.7 Å². The largest absolute Gasteiger partial charge is 0.495 e. The number of nitrogens with one attached hydrogen (secondary N) is 3. The first-order chi connectivity index (χ1) is 17.9. The second kappa shape index (κ2) is 11.9. The molecule has 3 aromatic rings. The average molecular weight is 579 g/mol. The number of methoxy groups -OCH3 is 1. The molecule has 1 aliphatic heterocycles. The van der Waals surface area contributed by atoms with Gasteiger partial charge in [-0.3, -0.25) is 9.59 Å². The molecule has 0 fully saturated rings. The summed E-state index contributed by atoms with van der Waals surface area (Å²) in [6.45, 7) is 1.76. The van der Waals surface area contributed by atoms with Crippen LogP contribution in [0.5, 0.6) is 5.75 Å². The van der Waals surface area contributed by atoms with Gasteiger partial charge in [0, 0.05) is 27.0 Å². The molecule has 0 bridgehead atoms. The molecule has 1 unspecified atom stereocenters. The van der Waals surface area contributed by atoms with Crippen LogP contribution in [-0.2, 0) is 9.59 Å². The number of amides is 2. The quantitative estimate of drug-likeness (QED) is 0.311. The molecule has 3 N–H and O–H groups in total. The summed E-state index contributed by atoms with van der Waals surface area (Å²) >= 11 is 4.57. The number of para-hydroxylation sites is 2. The van der Waals surface area contributed by atoms with Gasteiger partial charge >= 0.3 is 0 Å². The third-order valence-electron chi connectivity index (χ3n) is 5.60. The van der Waals surface area contributed by atoms with E-state index in [-0.39, 0.29) is 17.6 Å². The van der Waals surface area contributed by atoms with E-state index in [2.05, 4.69) is 37.9 Å². The second-order valence-electron chi connectivity index (χ2n) is 8.01. The Morgan fingerprint density at radius 3 is 2.59 bits per heavy atom. The first-order valence-corrected chi connectivity index (χ1v) is 13.0. The number of ether oxygens (including phenoxy) is 1. The minimum absolute atomic E-state index is 0.0672. The van der Waals surface area contributed by atoms with Crippen LogP contribution in [0.25, 0.3) is 0 Å². The Kier molecular flexibility index (Phi) is 8.38. The SMILES string of the molecule is COc1ccccc1NC(=O)C1=C(C)NC(SCC(=O)Nc2ccc(Br)cc2)=C(C#N)C1c1ccoc1. The lowest BCUT2D eigenvalue weighted by molar-refractivity contribution is -0.114. The number of benzene rings is 2. The van der Waals surface area contributed by atoms with Crippen molar-refractivity contribution in [3.05, 3.63) is 99.0 Å². The number of allylic oxidation sites excluding steroid dienone is 2. The zero-order valence-corrected chi connectivity index (χ0v) is 22.4. The molecule has 8 nitrogen and oxygen atoms in total. The topological polar surface area (TPSA) is 116 Å². The Hall–Kier alpha value is -3.94. The van der Waals surface area contributed by atoms with Crippen molar-refractivity contribution in [3.63, 3.8) is 0 Å². The van der Waals surface area contributed by atoms with Gasteiger partial charge in [-0.25, -0.2) is 0 Å². The van der Waals surface area contributed by atoms with Gasteiger partial charge in [-0.1, -0.05) is 39.8 Å². The van der Waals surface area contributed by atoms with E-state index in [0.717, 1.165) is 4.47 Å². The normalized spacial score (nSPS) is 15.0. The van der Waals surface area contributed by atoms with E-state index in [1.54, 1.807) is 43.3 Å². The van der Waals surface area contributed by atoms with Gasteiger partial charge in [0.1, 0.15) is 5.75 Å². The lowest BCUT2D eigenvalue weighted by Gasteiger charge is -2.29. The molecule has 0 spiro atoms. The molecule has 1 atom stereocenters. The number of hydrogen-bond acceptors (Lipinski definition) is 7. The maximum absolute atomic E-state index is 13.5. The number of furan rings is 1. The summed E-state index contributed by atoms with van der Waals surface area (Å²) in [4.78, 5) is 26.1. The van der Waals surface area contributed by atoms with Crippen molar-refractivity contribution in [2.45, 2.75) is 12.8 Å². The van der Waals surface area contributed by atoms with Gasteiger partial charge in [0.2, 0.25) is 5.91 Å². The van der Waals surface area contributed by atoms with E-state index in [0.29, 0.717) is 44.6 Å². The second-order valence-corrected chi connectivity index (χ2v) is 9.91. The number of nitriles is 1. The van der Waals surface area contributed by atoms with Crippen molar-refractivity contribution in [1.82, 2.24) is 5.32 Å². The van der Waals surface area contributed by atoms with Crippen molar-refractivity contribution in [1.29, 1.82) is 5.26 Å². The van der Waals surface area contributed by atoms with Crippen LogP contribution in [0.2, 0.25) is 0 Å². The molecule has 0 saturated carbocycles. The maximum Gasteiger partial charge on any atom is 0.254 e. The Morgan fingerprint density at radius 1 is 1.16 bits per heavy atom. The first-order valence-electron chi connectivity index (χ1n) is 11.2. The molecule has 1 aromatic heterocycles. The van der Waals surface area contributed by atoms with Crippen molar-refractivity contribution >= 4 is 50.9 Å². The number of carbonyl (C=O) groups is 2. The number of thioether (sulfide) groups is 1. The smallest absolute Gasteiger partial charge is 0.254 e. The number of dihydropyridines is 1. The van der Waals surface area contributed by atoms with E-state index in [1.165, 1.54) is 31.4 Å². The summed E-state index contributed by atoms with van der Waals surface area (Å²) in [5, 5.41) is 19.6. The van der Waals surface area contributed by atoms with Crippen LogP contribution < -0.4 is 20.7 Å². The van der Waals surface area contributed by atoms with E-state index in [4.69, 9.17) is 9.15 Å². The van der Waals surface area contributed by atoms with Gasteiger partial charge < -0.3 is 25.1 Å². The molecular weight excluding hydrogens is 556 g/mol. The molecule has 0 radical (unpaired) electrons. The highest BCUT2D eigenvalue weighted by Crippen LogP contribution is 2.41. The summed E-state index contributed by atoms with van der Waals surface area (Å²) in [5.74, 6) is -0.707. The Balaban J connectivity index is 1.59. The van der Waals surface area contributed by atoms with Crippen LogP contribution in [0.15, 0.2) is 97.9 Å². The standard InChI is InChI=1S/C27H23BrN4O4S/c1-16-24(26(34)32-21-5-3-4-6-22(21)35-2)25(17-11-12-36-14-17)20(13-29)27(30-16)37-15-23(33)31-19-9-7-18(28)8-10-19/h3-12,14,25,30H,15H2,1-2H3,(H,31,33)(H,32,34). The third kappa shape index (κ3) is 6.07. The van der Waals surface area contributed by atoms with Crippen LogP contribution in [0, 0.1) is 11.3 Å². The lowest BCUT2D eigenvalue weighted by Crippen LogP contribution is -2.31. The highest BCUT2D eigenvalue weighted by molar-refractivity contribution is 9.10. The fourth-order valence-electron chi connectivity index (χ4n) is 3.91. The maximum atomic E-state index is 13.5. The van der Waals surface area contributed by atoms with Crippen molar-refractivity contribution in [2.24, 2.45) is 0 Å². The highest BCUT2D eigenvalue weighted by atomic mass is 79.9. The fourth-order valence-corrected chi connectivity index (χ4v) is 5.06. The molecule has 2 amide bonds. The summed E-state index contributed by atoms with van der Waals surface area (Å²) in [6.07, 6.45) is 3.01. The first kappa shape index (κ1) is 26.1. The molecule has 0 aliphatic carbocycles. The number of nitrogens with zero attached hydrogens (tertiary/aromatic N) is 1. The molecule has 2 heterocycles. The van der Waals surface area contributed by atoms with Gasteiger partial charge in [0.25, 0.3) is 5.91 Å². The number of hydrogen-bond donors (Lipinski definition) is 3. The summed E-state index contributed by atoms with van der Waals surface area (Å²) in [7, 11) is 1.53. The van der Waals surface area contributed by atoms with Gasteiger partial charge in [-0.15, -0.1) is 0 Å². The fraction of sp³-hybridized carbons (Fsp3) is 0.148. The third-order valence-corrected chi connectivity index (χ3v) is 7.15.